The molecular formula is C29H31N3O2S2. The van der Waals surface area contributed by atoms with Crippen molar-refractivity contribution in [1.82, 2.24) is 14.7 Å². The summed E-state index contributed by atoms with van der Waals surface area (Å²) >= 11 is 7.03. The fourth-order valence-corrected chi connectivity index (χ4v) is 6.23. The van der Waals surface area contributed by atoms with Gasteiger partial charge in [-0.1, -0.05) is 68.4 Å². The molecule has 1 aliphatic carbocycles. The molecule has 0 N–H and O–H groups in total. The highest BCUT2D eigenvalue weighted by Gasteiger charge is 2.38. The minimum absolute atomic E-state index is 0.0201. The van der Waals surface area contributed by atoms with Crippen LogP contribution >= 0.6 is 24.0 Å². The third kappa shape index (κ3) is 5.13. The fraction of sp³-hybridized carbons (Fsp3) is 0.345. The van der Waals surface area contributed by atoms with E-state index < -0.39 is 0 Å². The number of carbonyl (C=O) groups is 1. The Bertz CT molecular complexity index is 1290. The lowest BCUT2D eigenvalue weighted by molar-refractivity contribution is -0.123. The Labute approximate surface area is 222 Å². The van der Waals surface area contributed by atoms with Gasteiger partial charge in [-0.05, 0) is 68.2 Å². The van der Waals surface area contributed by atoms with Gasteiger partial charge >= 0.3 is 0 Å². The zero-order valence-corrected chi connectivity index (χ0v) is 22.4. The van der Waals surface area contributed by atoms with Crippen molar-refractivity contribution in [2.45, 2.75) is 58.4 Å². The van der Waals surface area contributed by atoms with Crippen molar-refractivity contribution in [1.29, 1.82) is 0 Å². The first-order valence-corrected chi connectivity index (χ1v) is 13.9. The van der Waals surface area contributed by atoms with Crippen LogP contribution in [-0.4, -0.2) is 37.6 Å². The Morgan fingerprint density at radius 1 is 1.17 bits per heavy atom. The van der Waals surface area contributed by atoms with E-state index >= 15 is 0 Å². The average Bonchev–Trinajstić information content (AvgIpc) is 3.61. The summed E-state index contributed by atoms with van der Waals surface area (Å²) in [7, 11) is 0. The van der Waals surface area contributed by atoms with Gasteiger partial charge < -0.3 is 4.74 Å². The van der Waals surface area contributed by atoms with Gasteiger partial charge in [0, 0.05) is 23.4 Å². The molecule has 36 heavy (non-hydrogen) atoms. The van der Waals surface area contributed by atoms with Gasteiger partial charge in [-0.15, -0.1) is 0 Å². The Morgan fingerprint density at radius 2 is 1.94 bits per heavy atom. The van der Waals surface area contributed by atoms with Crippen LogP contribution in [0.1, 0.15) is 56.6 Å². The highest BCUT2D eigenvalue weighted by Crippen LogP contribution is 2.39. The van der Waals surface area contributed by atoms with Crippen LogP contribution in [0.15, 0.2) is 59.6 Å². The minimum Gasteiger partial charge on any atom is -0.494 e. The summed E-state index contributed by atoms with van der Waals surface area (Å²) < 4.78 is 8.46. The molecular weight excluding hydrogens is 486 g/mol. The number of unbranched alkanes of at least 4 members (excludes halogenated alkanes) is 1. The van der Waals surface area contributed by atoms with Crippen LogP contribution in [0.4, 0.5) is 0 Å². The lowest BCUT2D eigenvalue weighted by Gasteiger charge is -2.21. The number of benzene rings is 2. The highest BCUT2D eigenvalue weighted by atomic mass is 32.2. The average molecular weight is 518 g/mol. The lowest BCUT2D eigenvalue weighted by Crippen LogP contribution is -2.36. The maximum absolute atomic E-state index is 13.4. The number of aromatic nitrogens is 2. The first-order valence-electron chi connectivity index (χ1n) is 12.7. The standard InChI is InChI=1S/C29H31N3O2S2/c1-3-4-16-34-24-14-15-25(20(2)17-24)27-21(19-31(30-27)22-10-6-5-7-11-22)18-26-28(33)32(29(35)36-26)23-12-8-9-13-23/h5-7,10-11,14-15,17-19,23H,3-4,8-9,12-13,16H2,1-2H3/b26-18-. The molecule has 0 radical (unpaired) electrons. The number of amides is 1. The molecule has 2 aliphatic rings. The van der Waals surface area contributed by atoms with E-state index in [0.717, 1.165) is 72.3 Å². The minimum atomic E-state index is 0.0201. The van der Waals surface area contributed by atoms with Gasteiger partial charge in [0.1, 0.15) is 15.8 Å². The van der Waals surface area contributed by atoms with Crippen LogP contribution < -0.4 is 4.74 Å². The molecule has 0 atom stereocenters. The molecule has 2 aromatic carbocycles. The second kappa shape index (κ2) is 11.0. The number of thioether (sulfide) groups is 1. The first-order chi connectivity index (χ1) is 17.5. The van der Waals surface area contributed by atoms with E-state index in [0.29, 0.717) is 15.8 Å². The summed E-state index contributed by atoms with van der Waals surface area (Å²) in [6.07, 6.45) is 10.5. The molecule has 1 saturated heterocycles. The summed E-state index contributed by atoms with van der Waals surface area (Å²) in [5.41, 5.74) is 4.80. The molecule has 3 aromatic rings. The van der Waals surface area contributed by atoms with Crippen molar-refractivity contribution in [2.24, 2.45) is 0 Å². The number of aryl methyl sites for hydroxylation is 1. The Hall–Kier alpha value is -2.90. The third-order valence-electron chi connectivity index (χ3n) is 6.78. The number of rotatable bonds is 8. The SMILES string of the molecule is CCCCOc1ccc(-c2nn(-c3ccccc3)cc2/C=C2\SC(=S)N(C3CCCC3)C2=O)c(C)c1. The van der Waals surface area contributed by atoms with E-state index in [9.17, 15) is 4.79 Å². The number of para-hydroxylation sites is 1. The van der Waals surface area contributed by atoms with Crippen molar-refractivity contribution >= 4 is 40.3 Å². The van der Waals surface area contributed by atoms with Gasteiger partial charge in [-0.3, -0.25) is 9.69 Å². The van der Waals surface area contributed by atoms with Crippen LogP contribution in [0.5, 0.6) is 5.75 Å². The highest BCUT2D eigenvalue weighted by molar-refractivity contribution is 8.26. The van der Waals surface area contributed by atoms with Gasteiger partial charge in [0.15, 0.2) is 0 Å². The van der Waals surface area contributed by atoms with Crippen LogP contribution in [0, 0.1) is 6.92 Å². The molecule has 0 spiro atoms. The normalized spacial score (nSPS) is 17.5. The maximum Gasteiger partial charge on any atom is 0.266 e. The fourth-order valence-electron chi connectivity index (χ4n) is 4.84. The van der Waals surface area contributed by atoms with E-state index in [2.05, 4.69) is 26.0 Å². The third-order valence-corrected chi connectivity index (χ3v) is 8.11. The van der Waals surface area contributed by atoms with Gasteiger partial charge in [0.05, 0.1) is 17.2 Å². The van der Waals surface area contributed by atoms with Gasteiger partial charge in [-0.25, -0.2) is 4.68 Å². The summed E-state index contributed by atoms with van der Waals surface area (Å²) in [4.78, 5) is 15.9. The predicted molar refractivity (Wildman–Crippen MR) is 151 cm³/mol. The first kappa shape index (κ1) is 24.8. The lowest BCUT2D eigenvalue weighted by atomic mass is 10.0. The van der Waals surface area contributed by atoms with Crippen LogP contribution in [0.3, 0.4) is 0 Å². The van der Waals surface area contributed by atoms with E-state index in [-0.39, 0.29) is 11.9 Å². The zero-order valence-electron chi connectivity index (χ0n) is 20.8. The predicted octanol–water partition coefficient (Wildman–Crippen LogP) is 7.17. The molecule has 1 saturated carbocycles. The number of hydrogen-bond donors (Lipinski definition) is 0. The van der Waals surface area contributed by atoms with Gasteiger partial charge in [0.2, 0.25) is 0 Å². The summed E-state index contributed by atoms with van der Waals surface area (Å²) in [5, 5.41) is 4.96. The quantitative estimate of drug-likeness (QED) is 0.180. The number of thiocarbonyl (C=S) groups is 1. The Morgan fingerprint density at radius 3 is 2.67 bits per heavy atom. The van der Waals surface area contributed by atoms with E-state index in [1.807, 2.05) is 58.3 Å². The number of carbonyl (C=O) groups excluding carboxylic acids is 1. The number of hydrogen-bond acceptors (Lipinski definition) is 5. The van der Waals surface area contributed by atoms with Crippen molar-refractivity contribution < 1.29 is 9.53 Å². The summed E-state index contributed by atoms with van der Waals surface area (Å²) in [5.74, 6) is 0.887. The topological polar surface area (TPSA) is 47.4 Å². The van der Waals surface area contributed by atoms with E-state index in [1.54, 1.807) is 0 Å². The molecule has 0 unspecified atom stereocenters. The molecule has 5 rings (SSSR count). The van der Waals surface area contributed by atoms with Crippen molar-refractivity contribution in [3.05, 3.63) is 70.8 Å². The molecule has 7 heteroatoms. The van der Waals surface area contributed by atoms with E-state index in [1.165, 1.54) is 11.8 Å². The summed E-state index contributed by atoms with van der Waals surface area (Å²) in [6.45, 7) is 4.95. The Balaban J connectivity index is 1.52. The number of ether oxygens (including phenoxy) is 1. The zero-order chi connectivity index (χ0) is 25.1. The van der Waals surface area contributed by atoms with E-state index in [4.69, 9.17) is 22.1 Å². The largest absolute Gasteiger partial charge is 0.494 e. The number of nitrogens with zero attached hydrogens (tertiary/aromatic N) is 3. The molecule has 1 amide bonds. The Kier molecular flexibility index (Phi) is 7.58. The second-order valence-electron chi connectivity index (χ2n) is 9.38. The van der Waals surface area contributed by atoms with Gasteiger partial charge in [0.25, 0.3) is 5.91 Å². The van der Waals surface area contributed by atoms with Crippen LogP contribution in [0.2, 0.25) is 0 Å². The van der Waals surface area contributed by atoms with Crippen molar-refractivity contribution in [3.8, 4) is 22.7 Å². The monoisotopic (exact) mass is 517 g/mol. The van der Waals surface area contributed by atoms with Gasteiger partial charge in [-0.2, -0.15) is 5.10 Å². The molecule has 5 nitrogen and oxygen atoms in total. The molecule has 2 heterocycles. The maximum atomic E-state index is 13.4. The molecule has 2 fully saturated rings. The molecule has 1 aromatic heterocycles. The van der Waals surface area contributed by atoms with Crippen LogP contribution in [0.25, 0.3) is 23.0 Å². The van der Waals surface area contributed by atoms with Crippen LogP contribution in [-0.2, 0) is 4.79 Å². The van der Waals surface area contributed by atoms with Crippen molar-refractivity contribution in [2.75, 3.05) is 6.61 Å². The molecule has 1 aliphatic heterocycles. The van der Waals surface area contributed by atoms with Crippen molar-refractivity contribution in [3.63, 3.8) is 0 Å². The molecule has 0 bridgehead atoms. The smallest absolute Gasteiger partial charge is 0.266 e. The second-order valence-corrected chi connectivity index (χ2v) is 11.1. The summed E-state index contributed by atoms with van der Waals surface area (Å²) in [6, 6.07) is 16.4. The molecule has 186 valence electrons.